The summed E-state index contributed by atoms with van der Waals surface area (Å²) in [6, 6.07) is 13.5. The minimum absolute atomic E-state index is 0.0467. The van der Waals surface area contributed by atoms with Gasteiger partial charge in [0.2, 0.25) is 5.91 Å². The Labute approximate surface area is 149 Å². The molecule has 1 aromatic carbocycles. The fourth-order valence-corrected chi connectivity index (χ4v) is 3.86. The van der Waals surface area contributed by atoms with Crippen molar-refractivity contribution < 1.29 is 4.79 Å². The van der Waals surface area contributed by atoms with Gasteiger partial charge in [-0.05, 0) is 37.4 Å². The molecule has 0 radical (unpaired) electrons. The number of anilines is 1. The standard InChI is InChI=1S/C17H18N4OS2/c1-3-21-15(14-10-7-11-23-14)19-20-17(21)24-12(2)16(22)18-13-8-5-4-6-9-13/h4-12H,3H2,1-2H3,(H,18,22). The second kappa shape index (κ2) is 7.63. The number of benzene rings is 1. The number of nitrogens with one attached hydrogen (secondary N) is 1. The first-order chi connectivity index (χ1) is 11.7. The third-order valence-electron chi connectivity index (χ3n) is 3.47. The van der Waals surface area contributed by atoms with Crippen LogP contribution in [0.3, 0.4) is 0 Å². The van der Waals surface area contributed by atoms with Gasteiger partial charge in [0.1, 0.15) is 0 Å². The second-order valence-electron chi connectivity index (χ2n) is 5.14. The molecule has 0 aliphatic carbocycles. The molecule has 0 bridgehead atoms. The van der Waals surface area contributed by atoms with E-state index in [1.807, 2.05) is 59.3 Å². The molecular weight excluding hydrogens is 340 g/mol. The first-order valence-corrected chi connectivity index (χ1v) is 9.44. The summed E-state index contributed by atoms with van der Waals surface area (Å²) in [5, 5.41) is 14.0. The number of aromatic nitrogens is 3. The molecule has 3 rings (SSSR count). The predicted molar refractivity (Wildman–Crippen MR) is 99.4 cm³/mol. The lowest BCUT2D eigenvalue weighted by Crippen LogP contribution is -2.22. The molecule has 1 atom stereocenters. The minimum Gasteiger partial charge on any atom is -0.325 e. The van der Waals surface area contributed by atoms with Crippen molar-refractivity contribution in [2.75, 3.05) is 5.32 Å². The first-order valence-electron chi connectivity index (χ1n) is 7.68. The van der Waals surface area contributed by atoms with Gasteiger partial charge in [0.25, 0.3) is 0 Å². The van der Waals surface area contributed by atoms with E-state index in [9.17, 15) is 4.79 Å². The summed E-state index contributed by atoms with van der Waals surface area (Å²) < 4.78 is 2.04. The van der Waals surface area contributed by atoms with Gasteiger partial charge < -0.3 is 9.88 Å². The Hall–Kier alpha value is -2.12. The lowest BCUT2D eigenvalue weighted by Gasteiger charge is -2.12. The zero-order valence-electron chi connectivity index (χ0n) is 13.5. The summed E-state index contributed by atoms with van der Waals surface area (Å²) in [5.74, 6) is 0.806. The normalized spacial score (nSPS) is 12.1. The van der Waals surface area contributed by atoms with Crippen LogP contribution < -0.4 is 5.32 Å². The molecule has 3 aromatic rings. The number of thioether (sulfide) groups is 1. The molecule has 2 heterocycles. The fraction of sp³-hybridized carbons (Fsp3) is 0.235. The van der Waals surface area contributed by atoms with Crippen LogP contribution in [0.2, 0.25) is 0 Å². The Morgan fingerprint density at radius 3 is 2.71 bits per heavy atom. The average molecular weight is 358 g/mol. The van der Waals surface area contributed by atoms with Gasteiger partial charge in [0.15, 0.2) is 11.0 Å². The van der Waals surface area contributed by atoms with Crippen LogP contribution in [0, 0.1) is 0 Å². The maximum Gasteiger partial charge on any atom is 0.237 e. The molecule has 0 aliphatic heterocycles. The monoisotopic (exact) mass is 358 g/mol. The van der Waals surface area contributed by atoms with Crippen molar-refractivity contribution in [2.45, 2.75) is 30.8 Å². The summed E-state index contributed by atoms with van der Waals surface area (Å²) in [7, 11) is 0. The summed E-state index contributed by atoms with van der Waals surface area (Å²) in [5.41, 5.74) is 0.797. The number of carbonyl (C=O) groups is 1. The molecule has 1 amide bonds. The molecule has 5 nitrogen and oxygen atoms in total. The van der Waals surface area contributed by atoms with Gasteiger partial charge in [-0.25, -0.2) is 0 Å². The molecule has 124 valence electrons. The number of hydrogen-bond acceptors (Lipinski definition) is 5. The van der Waals surface area contributed by atoms with E-state index < -0.39 is 0 Å². The van der Waals surface area contributed by atoms with Gasteiger partial charge in [-0.2, -0.15) is 0 Å². The third kappa shape index (κ3) is 3.68. The highest BCUT2D eigenvalue weighted by atomic mass is 32.2. The molecule has 0 aliphatic rings. The van der Waals surface area contributed by atoms with Crippen molar-refractivity contribution in [2.24, 2.45) is 0 Å². The van der Waals surface area contributed by atoms with Crippen LogP contribution in [0.5, 0.6) is 0 Å². The Balaban J connectivity index is 1.72. The average Bonchev–Trinajstić information content (AvgIpc) is 3.24. The molecule has 1 N–H and O–H groups in total. The first kappa shape index (κ1) is 16.7. The van der Waals surface area contributed by atoms with Crippen LogP contribution in [0.15, 0.2) is 53.0 Å². The number of amides is 1. The van der Waals surface area contributed by atoms with Gasteiger partial charge in [-0.1, -0.05) is 36.0 Å². The summed E-state index contributed by atoms with van der Waals surface area (Å²) in [6.45, 7) is 4.69. The molecule has 2 aromatic heterocycles. The van der Waals surface area contributed by atoms with E-state index >= 15 is 0 Å². The van der Waals surface area contributed by atoms with Crippen molar-refractivity contribution in [1.29, 1.82) is 0 Å². The lowest BCUT2D eigenvalue weighted by atomic mass is 10.3. The highest BCUT2D eigenvalue weighted by Crippen LogP contribution is 2.29. The highest BCUT2D eigenvalue weighted by Gasteiger charge is 2.20. The van der Waals surface area contributed by atoms with Crippen molar-refractivity contribution >= 4 is 34.7 Å². The van der Waals surface area contributed by atoms with E-state index in [0.717, 1.165) is 28.1 Å². The summed E-state index contributed by atoms with van der Waals surface area (Å²) in [4.78, 5) is 13.4. The topological polar surface area (TPSA) is 59.8 Å². The molecule has 7 heteroatoms. The molecular formula is C17H18N4OS2. The van der Waals surface area contributed by atoms with Crippen LogP contribution in [0.1, 0.15) is 13.8 Å². The largest absolute Gasteiger partial charge is 0.325 e. The van der Waals surface area contributed by atoms with Crippen molar-refractivity contribution in [1.82, 2.24) is 14.8 Å². The number of nitrogens with zero attached hydrogens (tertiary/aromatic N) is 3. The Bertz CT molecular complexity index is 799. The Kier molecular flexibility index (Phi) is 5.32. The zero-order chi connectivity index (χ0) is 16.9. The predicted octanol–water partition coefficient (Wildman–Crippen LogP) is 4.15. The number of para-hydroxylation sites is 1. The molecule has 24 heavy (non-hydrogen) atoms. The van der Waals surface area contributed by atoms with Crippen LogP contribution >= 0.6 is 23.1 Å². The quantitative estimate of drug-likeness (QED) is 0.673. The van der Waals surface area contributed by atoms with E-state index in [4.69, 9.17) is 0 Å². The molecule has 0 saturated carbocycles. The van der Waals surface area contributed by atoms with Crippen molar-refractivity contribution in [3.05, 3.63) is 47.8 Å². The molecule has 0 spiro atoms. The van der Waals surface area contributed by atoms with Crippen molar-refractivity contribution in [3.8, 4) is 10.7 Å². The Morgan fingerprint density at radius 2 is 2.04 bits per heavy atom. The zero-order valence-corrected chi connectivity index (χ0v) is 15.1. The van der Waals surface area contributed by atoms with Gasteiger partial charge in [-0.15, -0.1) is 21.5 Å². The molecule has 0 saturated heterocycles. The van der Waals surface area contributed by atoms with Crippen molar-refractivity contribution in [3.63, 3.8) is 0 Å². The number of hydrogen-bond donors (Lipinski definition) is 1. The van der Waals surface area contributed by atoms with Crippen LogP contribution in [-0.2, 0) is 11.3 Å². The van der Waals surface area contributed by atoms with E-state index in [0.29, 0.717) is 0 Å². The molecule has 1 unspecified atom stereocenters. The lowest BCUT2D eigenvalue weighted by molar-refractivity contribution is -0.115. The summed E-state index contributed by atoms with van der Waals surface area (Å²) >= 11 is 3.06. The number of thiophene rings is 1. The molecule has 0 fully saturated rings. The number of rotatable bonds is 6. The van der Waals surface area contributed by atoms with E-state index in [1.54, 1.807) is 11.3 Å². The van der Waals surface area contributed by atoms with Gasteiger partial charge in [0, 0.05) is 12.2 Å². The van der Waals surface area contributed by atoms with Crippen LogP contribution in [0.25, 0.3) is 10.7 Å². The maximum absolute atomic E-state index is 12.4. The highest BCUT2D eigenvalue weighted by molar-refractivity contribution is 8.00. The summed E-state index contributed by atoms with van der Waals surface area (Å²) in [6.07, 6.45) is 0. The number of carbonyl (C=O) groups excluding carboxylic acids is 1. The van der Waals surface area contributed by atoms with Gasteiger partial charge >= 0.3 is 0 Å². The van der Waals surface area contributed by atoms with Crippen LogP contribution in [-0.4, -0.2) is 25.9 Å². The third-order valence-corrected chi connectivity index (χ3v) is 5.41. The van der Waals surface area contributed by atoms with Gasteiger partial charge in [-0.3, -0.25) is 4.79 Å². The maximum atomic E-state index is 12.4. The fourth-order valence-electron chi connectivity index (χ4n) is 2.23. The van der Waals surface area contributed by atoms with E-state index in [1.165, 1.54) is 11.8 Å². The SMILES string of the molecule is CCn1c(SC(C)C(=O)Nc2ccccc2)nnc1-c1cccs1. The Morgan fingerprint density at radius 1 is 1.25 bits per heavy atom. The van der Waals surface area contributed by atoms with E-state index in [2.05, 4.69) is 22.4 Å². The second-order valence-corrected chi connectivity index (χ2v) is 7.40. The smallest absolute Gasteiger partial charge is 0.237 e. The van der Waals surface area contributed by atoms with Gasteiger partial charge in [0.05, 0.1) is 10.1 Å². The van der Waals surface area contributed by atoms with Crippen LogP contribution in [0.4, 0.5) is 5.69 Å². The minimum atomic E-state index is -0.268. The van der Waals surface area contributed by atoms with E-state index in [-0.39, 0.29) is 11.2 Å².